The maximum absolute atomic E-state index is 5.90. The minimum atomic E-state index is 0.821. The van der Waals surface area contributed by atoms with E-state index in [1.165, 1.54) is 0 Å². The van der Waals surface area contributed by atoms with Gasteiger partial charge in [0.1, 0.15) is 5.01 Å². The lowest BCUT2D eigenvalue weighted by Crippen LogP contribution is -1.88. The van der Waals surface area contributed by atoms with E-state index in [2.05, 4.69) is 26.3 Å². The van der Waals surface area contributed by atoms with Crippen LogP contribution in [0.15, 0.2) is 32.9 Å². The van der Waals surface area contributed by atoms with Gasteiger partial charge in [-0.3, -0.25) is 0 Å². The second kappa shape index (κ2) is 5.21. The number of benzene rings is 1. The Labute approximate surface area is 111 Å². The number of nitrogens with zero attached hydrogens (tertiary/aromatic N) is 1. The van der Waals surface area contributed by atoms with E-state index in [9.17, 15) is 0 Å². The summed E-state index contributed by atoms with van der Waals surface area (Å²) in [6.45, 7) is 2.01. The first-order valence-corrected chi connectivity index (χ1v) is 7.40. The van der Waals surface area contributed by atoms with Crippen molar-refractivity contribution in [3.63, 3.8) is 0 Å². The number of hydrogen-bond acceptors (Lipinski definition) is 4. The number of nitrogens with two attached hydrogens (primary N) is 1. The first-order valence-electron chi connectivity index (χ1n) is 4.74. The molecule has 2 rings (SSSR count). The number of thiazole rings is 1. The third kappa shape index (κ3) is 2.99. The Bertz CT molecular complexity index is 496. The average Bonchev–Trinajstić information content (AvgIpc) is 2.66. The maximum atomic E-state index is 5.90. The predicted molar refractivity (Wildman–Crippen MR) is 75.0 cm³/mol. The molecular formula is C11H11BrN2S2. The van der Waals surface area contributed by atoms with Crippen LogP contribution >= 0.6 is 39.0 Å². The number of thioether (sulfide) groups is 1. The summed E-state index contributed by atoms with van der Waals surface area (Å²) < 4.78 is 1.06. The molecule has 2 nitrogen and oxygen atoms in total. The van der Waals surface area contributed by atoms with Gasteiger partial charge in [-0.1, -0.05) is 15.9 Å². The molecule has 0 unspecified atom stereocenters. The SMILES string of the molecule is Cc1csc(CSc2cc(Br)ccc2N)n1. The second-order valence-corrected chi connectivity index (χ2v) is 6.23. The molecule has 5 heteroatoms. The summed E-state index contributed by atoms with van der Waals surface area (Å²) in [7, 11) is 0. The molecule has 84 valence electrons. The van der Waals surface area contributed by atoms with E-state index in [0.717, 1.165) is 31.5 Å². The van der Waals surface area contributed by atoms with Crippen molar-refractivity contribution < 1.29 is 0 Å². The van der Waals surface area contributed by atoms with Gasteiger partial charge in [-0.15, -0.1) is 23.1 Å². The lowest BCUT2D eigenvalue weighted by atomic mass is 10.3. The van der Waals surface area contributed by atoms with Crippen molar-refractivity contribution in [2.45, 2.75) is 17.6 Å². The number of aromatic nitrogens is 1. The van der Waals surface area contributed by atoms with Crippen molar-refractivity contribution in [1.82, 2.24) is 4.98 Å². The van der Waals surface area contributed by atoms with Crippen LogP contribution in [0.2, 0.25) is 0 Å². The number of rotatable bonds is 3. The fraction of sp³-hybridized carbons (Fsp3) is 0.182. The fourth-order valence-electron chi connectivity index (χ4n) is 1.24. The highest BCUT2D eigenvalue weighted by molar-refractivity contribution is 9.10. The van der Waals surface area contributed by atoms with Gasteiger partial charge in [0.05, 0.1) is 5.75 Å². The molecule has 0 atom stereocenters. The highest BCUT2D eigenvalue weighted by Gasteiger charge is 2.04. The van der Waals surface area contributed by atoms with E-state index in [1.54, 1.807) is 23.1 Å². The molecule has 0 aliphatic heterocycles. The second-order valence-electron chi connectivity index (χ2n) is 3.35. The van der Waals surface area contributed by atoms with E-state index in [4.69, 9.17) is 5.73 Å². The standard InChI is InChI=1S/C11H11BrN2S2/c1-7-5-16-11(14-7)6-15-10-4-8(12)2-3-9(10)13/h2-5H,6,13H2,1H3. The molecule has 1 aromatic carbocycles. The zero-order valence-corrected chi connectivity index (χ0v) is 12.0. The van der Waals surface area contributed by atoms with Crippen LogP contribution in [0.1, 0.15) is 10.7 Å². The number of aryl methyl sites for hydroxylation is 1. The Morgan fingerprint density at radius 3 is 3.00 bits per heavy atom. The van der Waals surface area contributed by atoms with Crippen molar-refractivity contribution in [3.8, 4) is 0 Å². The lowest BCUT2D eigenvalue weighted by molar-refractivity contribution is 1.18. The van der Waals surface area contributed by atoms with Gasteiger partial charge in [0.15, 0.2) is 0 Å². The normalized spacial score (nSPS) is 10.6. The van der Waals surface area contributed by atoms with E-state index >= 15 is 0 Å². The molecule has 1 aromatic heterocycles. The molecule has 0 aliphatic carbocycles. The molecule has 2 aromatic rings. The van der Waals surface area contributed by atoms with Crippen LogP contribution in [-0.4, -0.2) is 4.98 Å². The monoisotopic (exact) mass is 314 g/mol. The minimum absolute atomic E-state index is 0.821. The van der Waals surface area contributed by atoms with Gasteiger partial charge in [-0.25, -0.2) is 4.98 Å². The van der Waals surface area contributed by atoms with Gasteiger partial charge in [0, 0.05) is 26.1 Å². The van der Waals surface area contributed by atoms with Gasteiger partial charge in [0.25, 0.3) is 0 Å². The molecule has 0 aliphatic rings. The first-order chi connectivity index (χ1) is 7.65. The largest absolute Gasteiger partial charge is 0.398 e. The van der Waals surface area contributed by atoms with Crippen molar-refractivity contribution in [2.75, 3.05) is 5.73 Å². The molecule has 16 heavy (non-hydrogen) atoms. The van der Waals surface area contributed by atoms with Crippen LogP contribution < -0.4 is 5.73 Å². The van der Waals surface area contributed by atoms with Gasteiger partial charge in [-0.2, -0.15) is 0 Å². The third-order valence-electron chi connectivity index (χ3n) is 1.99. The summed E-state index contributed by atoms with van der Waals surface area (Å²) in [6, 6.07) is 5.91. The van der Waals surface area contributed by atoms with Crippen LogP contribution in [-0.2, 0) is 5.75 Å². The summed E-state index contributed by atoms with van der Waals surface area (Å²) in [5.74, 6) is 0.874. The third-order valence-corrected chi connectivity index (χ3v) is 4.72. The zero-order chi connectivity index (χ0) is 11.5. The molecular weight excluding hydrogens is 304 g/mol. The summed E-state index contributed by atoms with van der Waals surface area (Å²) in [4.78, 5) is 5.52. The average molecular weight is 315 g/mol. The Balaban J connectivity index is 2.07. The topological polar surface area (TPSA) is 38.9 Å². The summed E-state index contributed by atoms with van der Waals surface area (Å²) in [5.41, 5.74) is 7.81. The van der Waals surface area contributed by atoms with Gasteiger partial charge < -0.3 is 5.73 Å². The van der Waals surface area contributed by atoms with Gasteiger partial charge >= 0.3 is 0 Å². The Morgan fingerprint density at radius 1 is 1.50 bits per heavy atom. The van der Waals surface area contributed by atoms with Crippen LogP contribution in [0.4, 0.5) is 5.69 Å². The smallest absolute Gasteiger partial charge is 0.103 e. The number of hydrogen-bond donors (Lipinski definition) is 1. The summed E-state index contributed by atoms with van der Waals surface area (Å²) in [5, 5.41) is 3.21. The molecule has 0 saturated heterocycles. The van der Waals surface area contributed by atoms with Crippen LogP contribution in [0.5, 0.6) is 0 Å². The molecule has 0 spiro atoms. The van der Waals surface area contributed by atoms with Crippen LogP contribution in [0.25, 0.3) is 0 Å². The predicted octanol–water partition coefficient (Wildman–Crippen LogP) is 4.09. The first kappa shape index (κ1) is 12.0. The molecule has 0 radical (unpaired) electrons. The van der Waals surface area contributed by atoms with Crippen molar-refractivity contribution in [2.24, 2.45) is 0 Å². The molecule has 0 amide bonds. The summed E-state index contributed by atoms with van der Waals surface area (Å²) in [6.07, 6.45) is 0. The Morgan fingerprint density at radius 2 is 2.31 bits per heavy atom. The maximum Gasteiger partial charge on any atom is 0.103 e. The minimum Gasteiger partial charge on any atom is -0.398 e. The zero-order valence-electron chi connectivity index (χ0n) is 8.74. The van der Waals surface area contributed by atoms with Crippen molar-refractivity contribution in [1.29, 1.82) is 0 Å². The van der Waals surface area contributed by atoms with E-state index in [0.29, 0.717) is 0 Å². The molecule has 0 saturated carbocycles. The number of nitrogen functional groups attached to an aromatic ring is 1. The Kier molecular flexibility index (Phi) is 3.89. The highest BCUT2D eigenvalue weighted by atomic mass is 79.9. The molecule has 0 bridgehead atoms. The number of halogens is 1. The van der Waals surface area contributed by atoms with Crippen LogP contribution in [0.3, 0.4) is 0 Å². The fourth-order valence-corrected chi connectivity index (χ4v) is 3.55. The van der Waals surface area contributed by atoms with Crippen molar-refractivity contribution >= 4 is 44.7 Å². The van der Waals surface area contributed by atoms with Crippen molar-refractivity contribution in [3.05, 3.63) is 38.8 Å². The van der Waals surface area contributed by atoms with E-state index < -0.39 is 0 Å². The van der Waals surface area contributed by atoms with Gasteiger partial charge in [0.2, 0.25) is 0 Å². The van der Waals surface area contributed by atoms with E-state index in [-0.39, 0.29) is 0 Å². The molecule has 1 heterocycles. The lowest BCUT2D eigenvalue weighted by Gasteiger charge is -2.04. The summed E-state index contributed by atoms with van der Waals surface area (Å²) >= 11 is 6.86. The van der Waals surface area contributed by atoms with Crippen LogP contribution in [0, 0.1) is 6.92 Å². The van der Waals surface area contributed by atoms with Gasteiger partial charge in [-0.05, 0) is 25.1 Å². The molecule has 2 N–H and O–H groups in total. The number of anilines is 1. The highest BCUT2D eigenvalue weighted by Crippen LogP contribution is 2.31. The molecule has 0 fully saturated rings. The quantitative estimate of drug-likeness (QED) is 0.685. The Hall–Kier alpha value is -0.520. The van der Waals surface area contributed by atoms with E-state index in [1.807, 2.05) is 25.1 Å².